The van der Waals surface area contributed by atoms with E-state index in [9.17, 15) is 4.79 Å². The van der Waals surface area contributed by atoms with E-state index >= 15 is 0 Å². The summed E-state index contributed by atoms with van der Waals surface area (Å²) in [5, 5.41) is 19.0. The van der Waals surface area contributed by atoms with E-state index in [0.29, 0.717) is 23.2 Å². The van der Waals surface area contributed by atoms with Crippen molar-refractivity contribution in [2.24, 2.45) is 0 Å². The van der Waals surface area contributed by atoms with Gasteiger partial charge in [-0.3, -0.25) is 9.89 Å². The maximum absolute atomic E-state index is 12.0. The molecule has 1 heterocycles. The number of nitrogens with one attached hydrogen (secondary N) is 2. The number of amides is 1. The molecule has 6 nitrogen and oxygen atoms in total. The van der Waals surface area contributed by atoms with Gasteiger partial charge in [-0.15, -0.1) is 0 Å². The van der Waals surface area contributed by atoms with Crippen molar-refractivity contribution in [1.82, 2.24) is 15.5 Å². The van der Waals surface area contributed by atoms with Gasteiger partial charge in [0.2, 0.25) is 0 Å². The predicted molar refractivity (Wildman–Crippen MR) is 69.1 cm³/mol. The van der Waals surface area contributed by atoms with Crippen LogP contribution in [0, 0.1) is 0 Å². The van der Waals surface area contributed by atoms with Crippen LogP contribution in [0.15, 0.2) is 18.2 Å². The minimum Gasteiger partial charge on any atom is -0.399 e. The molecule has 0 aliphatic carbocycles. The Morgan fingerprint density at radius 2 is 2.39 bits per heavy atom. The average Bonchev–Trinajstić information content (AvgIpc) is 2.71. The lowest BCUT2D eigenvalue weighted by Crippen LogP contribution is -2.33. The summed E-state index contributed by atoms with van der Waals surface area (Å²) in [6.07, 6.45) is 0.510. The fraction of sp³-hybridized carbons (Fsp3) is 0.333. The van der Waals surface area contributed by atoms with Gasteiger partial charge in [-0.05, 0) is 31.5 Å². The number of anilines is 1. The van der Waals surface area contributed by atoms with Gasteiger partial charge >= 0.3 is 0 Å². The minimum atomic E-state index is -0.271. The summed E-state index contributed by atoms with van der Waals surface area (Å²) in [5.74, 6) is -0.271. The number of nitrogen functional groups attached to an aromatic ring is 1. The van der Waals surface area contributed by atoms with Crippen LogP contribution in [0.4, 0.5) is 5.69 Å². The van der Waals surface area contributed by atoms with Crippen LogP contribution in [0.3, 0.4) is 0 Å². The highest BCUT2D eigenvalue weighted by molar-refractivity contribution is 6.05. The molecule has 0 radical (unpaired) electrons. The number of fused-ring (bicyclic) bond motifs is 1. The van der Waals surface area contributed by atoms with Gasteiger partial charge in [0.05, 0.1) is 5.52 Å². The Morgan fingerprint density at radius 3 is 3.11 bits per heavy atom. The van der Waals surface area contributed by atoms with Crippen LogP contribution in [0.5, 0.6) is 0 Å². The van der Waals surface area contributed by atoms with Gasteiger partial charge in [0.1, 0.15) is 0 Å². The molecule has 6 heteroatoms. The molecule has 0 aliphatic rings. The van der Waals surface area contributed by atoms with E-state index in [1.807, 2.05) is 6.92 Å². The Morgan fingerprint density at radius 1 is 1.61 bits per heavy atom. The standard InChI is InChI=1S/C12H16N4O2/c1-7(4-5-17)14-12(18)11-9-6-8(13)2-3-10(9)15-16-11/h2-3,6-7,17H,4-5,13H2,1H3,(H,14,18)(H,15,16). The molecule has 0 saturated carbocycles. The lowest BCUT2D eigenvalue weighted by Gasteiger charge is -2.11. The van der Waals surface area contributed by atoms with E-state index in [2.05, 4.69) is 15.5 Å². The first-order valence-electron chi connectivity index (χ1n) is 5.77. The third-order valence-corrected chi connectivity index (χ3v) is 2.74. The zero-order chi connectivity index (χ0) is 13.1. The highest BCUT2D eigenvalue weighted by Gasteiger charge is 2.15. The molecular weight excluding hydrogens is 232 g/mol. The molecule has 2 rings (SSSR count). The lowest BCUT2D eigenvalue weighted by atomic mass is 10.1. The quantitative estimate of drug-likeness (QED) is 0.596. The Kier molecular flexibility index (Phi) is 3.47. The number of aromatic amines is 1. The topological polar surface area (TPSA) is 104 Å². The third kappa shape index (κ3) is 2.43. The van der Waals surface area contributed by atoms with Crippen molar-refractivity contribution in [1.29, 1.82) is 0 Å². The molecule has 1 atom stereocenters. The molecule has 18 heavy (non-hydrogen) atoms. The summed E-state index contributed by atoms with van der Waals surface area (Å²) < 4.78 is 0. The second-order valence-corrected chi connectivity index (χ2v) is 4.26. The number of aromatic nitrogens is 2. The van der Waals surface area contributed by atoms with Crippen LogP contribution in [-0.2, 0) is 0 Å². The van der Waals surface area contributed by atoms with Crippen molar-refractivity contribution >= 4 is 22.5 Å². The molecule has 1 aromatic carbocycles. The van der Waals surface area contributed by atoms with Gasteiger partial charge < -0.3 is 16.2 Å². The number of hydrogen-bond donors (Lipinski definition) is 4. The number of carbonyl (C=O) groups excluding carboxylic acids is 1. The molecule has 0 fully saturated rings. The highest BCUT2D eigenvalue weighted by Crippen LogP contribution is 2.18. The largest absolute Gasteiger partial charge is 0.399 e. The predicted octanol–water partition coefficient (Wildman–Crippen LogP) is 0.646. The van der Waals surface area contributed by atoms with E-state index in [-0.39, 0.29) is 18.6 Å². The van der Waals surface area contributed by atoms with Crippen molar-refractivity contribution in [3.05, 3.63) is 23.9 Å². The molecule has 0 aliphatic heterocycles. The second-order valence-electron chi connectivity index (χ2n) is 4.26. The first-order valence-corrected chi connectivity index (χ1v) is 5.77. The minimum absolute atomic E-state index is 0.0374. The van der Waals surface area contributed by atoms with Crippen LogP contribution in [0.25, 0.3) is 10.9 Å². The first-order chi connectivity index (χ1) is 8.61. The third-order valence-electron chi connectivity index (χ3n) is 2.74. The zero-order valence-corrected chi connectivity index (χ0v) is 10.1. The molecule has 1 aromatic heterocycles. The molecular formula is C12H16N4O2. The first kappa shape index (κ1) is 12.4. The van der Waals surface area contributed by atoms with Gasteiger partial charge in [-0.2, -0.15) is 5.10 Å². The molecule has 0 bridgehead atoms. The summed E-state index contributed by atoms with van der Waals surface area (Å²) in [5.41, 5.74) is 7.37. The van der Waals surface area contributed by atoms with Gasteiger partial charge in [-0.25, -0.2) is 0 Å². The Bertz CT molecular complexity index is 564. The molecule has 1 unspecified atom stereocenters. The van der Waals surface area contributed by atoms with Gasteiger partial charge in [0.25, 0.3) is 5.91 Å². The average molecular weight is 248 g/mol. The van der Waals surface area contributed by atoms with Crippen LogP contribution >= 0.6 is 0 Å². The van der Waals surface area contributed by atoms with Crippen LogP contribution in [0.1, 0.15) is 23.8 Å². The number of nitrogens with zero attached hydrogens (tertiary/aromatic N) is 1. The van der Waals surface area contributed by atoms with Crippen molar-refractivity contribution in [3.8, 4) is 0 Å². The van der Waals surface area contributed by atoms with E-state index in [1.54, 1.807) is 18.2 Å². The van der Waals surface area contributed by atoms with Crippen molar-refractivity contribution < 1.29 is 9.90 Å². The maximum Gasteiger partial charge on any atom is 0.272 e. The summed E-state index contributed by atoms with van der Waals surface area (Å²) >= 11 is 0. The number of aliphatic hydroxyl groups excluding tert-OH is 1. The highest BCUT2D eigenvalue weighted by atomic mass is 16.3. The lowest BCUT2D eigenvalue weighted by molar-refractivity contribution is 0.0931. The summed E-state index contributed by atoms with van der Waals surface area (Å²) in [7, 11) is 0. The summed E-state index contributed by atoms with van der Waals surface area (Å²) in [6.45, 7) is 1.87. The summed E-state index contributed by atoms with van der Waals surface area (Å²) in [6, 6.07) is 5.14. The molecule has 0 spiro atoms. The molecule has 5 N–H and O–H groups in total. The van der Waals surface area contributed by atoms with Crippen LogP contribution < -0.4 is 11.1 Å². The smallest absolute Gasteiger partial charge is 0.272 e. The van der Waals surface area contributed by atoms with Crippen molar-refractivity contribution in [2.45, 2.75) is 19.4 Å². The number of aliphatic hydroxyl groups is 1. The Labute approximate surface area is 104 Å². The van der Waals surface area contributed by atoms with Crippen LogP contribution in [-0.4, -0.2) is 33.9 Å². The number of nitrogens with two attached hydrogens (primary N) is 1. The number of H-pyrrole nitrogens is 1. The fourth-order valence-electron chi connectivity index (χ4n) is 1.76. The van der Waals surface area contributed by atoms with E-state index in [1.165, 1.54) is 0 Å². The van der Waals surface area contributed by atoms with Gasteiger partial charge in [0.15, 0.2) is 5.69 Å². The number of rotatable bonds is 4. The van der Waals surface area contributed by atoms with Crippen molar-refractivity contribution in [2.75, 3.05) is 12.3 Å². The molecule has 1 amide bonds. The van der Waals surface area contributed by atoms with Crippen molar-refractivity contribution in [3.63, 3.8) is 0 Å². The second kappa shape index (κ2) is 5.05. The molecule has 0 saturated heterocycles. The number of carbonyl (C=O) groups is 1. The SMILES string of the molecule is CC(CCO)NC(=O)c1n[nH]c2ccc(N)cc12. The van der Waals surface area contributed by atoms with Gasteiger partial charge in [0, 0.05) is 23.7 Å². The van der Waals surface area contributed by atoms with Crippen LogP contribution in [0.2, 0.25) is 0 Å². The van der Waals surface area contributed by atoms with E-state index < -0.39 is 0 Å². The summed E-state index contributed by atoms with van der Waals surface area (Å²) in [4.78, 5) is 12.0. The fourth-order valence-corrected chi connectivity index (χ4v) is 1.76. The Hall–Kier alpha value is -2.08. The number of benzene rings is 1. The zero-order valence-electron chi connectivity index (χ0n) is 10.1. The van der Waals surface area contributed by atoms with Gasteiger partial charge in [-0.1, -0.05) is 0 Å². The maximum atomic E-state index is 12.0. The van der Waals surface area contributed by atoms with E-state index in [4.69, 9.17) is 10.8 Å². The Balaban J connectivity index is 2.25. The molecule has 96 valence electrons. The monoisotopic (exact) mass is 248 g/mol. The molecule has 2 aromatic rings. The normalized spacial score (nSPS) is 12.6. The number of hydrogen-bond acceptors (Lipinski definition) is 4. The van der Waals surface area contributed by atoms with E-state index in [0.717, 1.165) is 5.52 Å².